The number of amides is 3. The number of rotatable bonds is 10. The van der Waals surface area contributed by atoms with Gasteiger partial charge in [-0.3, -0.25) is 34.4 Å². The van der Waals surface area contributed by atoms with Crippen LogP contribution in [0.1, 0.15) is 47.4 Å². The first kappa shape index (κ1) is 24.3. The van der Waals surface area contributed by atoms with Crippen LogP contribution in [-0.4, -0.2) is 71.4 Å². The largest absolute Gasteiger partial charge is 0.480 e. The minimum atomic E-state index is -1.15. The van der Waals surface area contributed by atoms with Crippen LogP contribution in [0.25, 0.3) is 10.8 Å². The number of aliphatic carboxylic acids is 1. The van der Waals surface area contributed by atoms with E-state index in [4.69, 9.17) is 0 Å². The van der Waals surface area contributed by atoms with E-state index in [-0.39, 0.29) is 24.8 Å². The Hall–Kier alpha value is -3.30. The van der Waals surface area contributed by atoms with Gasteiger partial charge in [0, 0.05) is 20.6 Å². The zero-order valence-electron chi connectivity index (χ0n) is 19.3. The van der Waals surface area contributed by atoms with Crippen LogP contribution in [0.5, 0.6) is 0 Å². The number of likely N-dealkylation sites (N-methyl/N-ethyl adjacent to an activating group) is 1. The molecule has 0 saturated carbocycles. The summed E-state index contributed by atoms with van der Waals surface area (Å²) in [6.45, 7) is 3.82. The van der Waals surface area contributed by atoms with Gasteiger partial charge in [-0.15, -0.1) is 0 Å². The van der Waals surface area contributed by atoms with Gasteiger partial charge in [0.05, 0.1) is 17.2 Å². The van der Waals surface area contributed by atoms with Crippen LogP contribution in [-0.2, 0) is 9.59 Å². The first-order valence-corrected chi connectivity index (χ1v) is 11.0. The first-order valence-electron chi connectivity index (χ1n) is 11.0. The van der Waals surface area contributed by atoms with Gasteiger partial charge in [0.15, 0.2) is 0 Å². The molecule has 0 radical (unpaired) electrons. The average molecular weight is 455 g/mol. The molecule has 0 fully saturated rings. The van der Waals surface area contributed by atoms with Gasteiger partial charge >= 0.3 is 5.97 Å². The lowest BCUT2D eigenvalue weighted by Gasteiger charge is -2.28. The number of benzene rings is 2. The SMILES string of the molecule is CNN(C)C(=O)[C@@H](CC(C)C)NC(CCN1C(=O)c2cc3ccccc3cc2C1=O)C(=O)O. The van der Waals surface area contributed by atoms with E-state index in [2.05, 4.69) is 10.7 Å². The van der Waals surface area contributed by atoms with E-state index in [0.717, 1.165) is 15.7 Å². The van der Waals surface area contributed by atoms with Gasteiger partial charge in [0.25, 0.3) is 17.7 Å². The molecule has 0 aliphatic carbocycles. The fourth-order valence-corrected chi connectivity index (χ4v) is 4.01. The Kier molecular flexibility index (Phi) is 7.45. The molecule has 3 rings (SSSR count). The maximum Gasteiger partial charge on any atom is 0.320 e. The predicted molar refractivity (Wildman–Crippen MR) is 124 cm³/mol. The molecule has 0 bridgehead atoms. The van der Waals surface area contributed by atoms with Crippen LogP contribution in [0.4, 0.5) is 0 Å². The second kappa shape index (κ2) is 10.1. The maximum atomic E-state index is 12.9. The van der Waals surface area contributed by atoms with E-state index in [1.54, 1.807) is 26.2 Å². The summed E-state index contributed by atoms with van der Waals surface area (Å²) in [5.74, 6) is -2.16. The molecule has 9 heteroatoms. The van der Waals surface area contributed by atoms with Crippen molar-refractivity contribution in [2.75, 3.05) is 20.6 Å². The topological polar surface area (TPSA) is 119 Å². The lowest BCUT2D eigenvalue weighted by Crippen LogP contribution is -2.54. The van der Waals surface area contributed by atoms with Crippen LogP contribution >= 0.6 is 0 Å². The second-order valence-electron chi connectivity index (χ2n) is 8.66. The molecule has 2 aromatic carbocycles. The van der Waals surface area contributed by atoms with Gasteiger partial charge in [0.1, 0.15) is 6.04 Å². The number of imide groups is 1. The summed E-state index contributed by atoms with van der Waals surface area (Å²) in [6, 6.07) is 9.02. The molecule has 3 amide bonds. The van der Waals surface area contributed by atoms with Crippen molar-refractivity contribution in [2.24, 2.45) is 5.92 Å². The van der Waals surface area contributed by atoms with Crippen LogP contribution < -0.4 is 10.7 Å². The van der Waals surface area contributed by atoms with Gasteiger partial charge in [-0.25, -0.2) is 5.43 Å². The van der Waals surface area contributed by atoms with E-state index in [1.807, 2.05) is 38.1 Å². The molecule has 1 aliphatic heterocycles. The maximum absolute atomic E-state index is 12.9. The number of carbonyl (C=O) groups excluding carboxylic acids is 3. The van der Waals surface area contributed by atoms with Crippen molar-refractivity contribution in [1.29, 1.82) is 0 Å². The Morgan fingerprint density at radius 2 is 1.58 bits per heavy atom. The van der Waals surface area contributed by atoms with Gasteiger partial charge in [-0.2, -0.15) is 0 Å². The van der Waals surface area contributed by atoms with Crippen molar-refractivity contribution in [2.45, 2.75) is 38.8 Å². The second-order valence-corrected chi connectivity index (χ2v) is 8.66. The average Bonchev–Trinajstić information content (AvgIpc) is 3.01. The fourth-order valence-electron chi connectivity index (χ4n) is 4.01. The molecule has 1 unspecified atom stereocenters. The van der Waals surface area contributed by atoms with E-state index in [1.165, 1.54) is 5.01 Å². The lowest BCUT2D eigenvalue weighted by atomic mass is 10.0. The number of carboxylic acid groups (broad SMARTS) is 1. The van der Waals surface area contributed by atoms with Crippen molar-refractivity contribution >= 4 is 34.5 Å². The molecule has 2 atom stereocenters. The molecule has 176 valence electrons. The summed E-state index contributed by atoms with van der Waals surface area (Å²) in [5.41, 5.74) is 3.37. The smallest absolute Gasteiger partial charge is 0.320 e. The molecule has 0 aromatic heterocycles. The molecule has 0 spiro atoms. The lowest BCUT2D eigenvalue weighted by molar-refractivity contribution is -0.141. The fraction of sp³-hybridized carbons (Fsp3) is 0.417. The molecule has 1 aliphatic rings. The van der Waals surface area contributed by atoms with Crippen molar-refractivity contribution in [3.8, 4) is 0 Å². The highest BCUT2D eigenvalue weighted by Gasteiger charge is 2.37. The van der Waals surface area contributed by atoms with Gasteiger partial charge < -0.3 is 5.11 Å². The molecular formula is C24H30N4O5. The zero-order valence-corrected chi connectivity index (χ0v) is 19.3. The van der Waals surface area contributed by atoms with E-state index >= 15 is 0 Å². The summed E-state index contributed by atoms with van der Waals surface area (Å²) in [5, 5.41) is 15.7. The molecule has 1 heterocycles. The summed E-state index contributed by atoms with van der Waals surface area (Å²) < 4.78 is 0. The third-order valence-corrected chi connectivity index (χ3v) is 5.85. The molecule has 2 aromatic rings. The van der Waals surface area contributed by atoms with Crippen LogP contribution in [0, 0.1) is 5.92 Å². The number of hydrogen-bond donors (Lipinski definition) is 3. The quantitative estimate of drug-likeness (QED) is 0.370. The highest BCUT2D eigenvalue weighted by molar-refractivity contribution is 6.23. The number of carbonyl (C=O) groups is 4. The van der Waals surface area contributed by atoms with Gasteiger partial charge in [-0.05, 0) is 41.7 Å². The predicted octanol–water partition coefficient (Wildman–Crippen LogP) is 1.88. The van der Waals surface area contributed by atoms with Crippen LogP contribution in [0.3, 0.4) is 0 Å². The molecule has 0 saturated heterocycles. The number of hydrogen-bond acceptors (Lipinski definition) is 6. The van der Waals surface area contributed by atoms with Crippen LogP contribution in [0.2, 0.25) is 0 Å². The number of hydrazine groups is 1. The Morgan fingerprint density at radius 1 is 1.03 bits per heavy atom. The van der Waals surface area contributed by atoms with Crippen LogP contribution in [0.15, 0.2) is 36.4 Å². The minimum absolute atomic E-state index is 0.0224. The Balaban J connectivity index is 1.75. The summed E-state index contributed by atoms with van der Waals surface area (Å²) in [6.07, 6.45) is 0.416. The first-order chi connectivity index (χ1) is 15.6. The van der Waals surface area contributed by atoms with Gasteiger partial charge in [-0.1, -0.05) is 38.1 Å². The molecular weight excluding hydrogens is 424 g/mol. The Labute approximate surface area is 192 Å². The highest BCUT2D eigenvalue weighted by Crippen LogP contribution is 2.28. The zero-order chi connectivity index (χ0) is 24.3. The third kappa shape index (κ3) is 5.20. The number of nitrogens with zero attached hydrogens (tertiary/aromatic N) is 2. The Morgan fingerprint density at radius 3 is 2.03 bits per heavy atom. The Bertz CT molecular complexity index is 1030. The number of nitrogens with one attached hydrogen (secondary N) is 2. The third-order valence-electron chi connectivity index (χ3n) is 5.85. The number of fused-ring (bicyclic) bond motifs is 2. The van der Waals surface area contributed by atoms with Crippen molar-refractivity contribution < 1.29 is 24.3 Å². The summed E-state index contributed by atoms with van der Waals surface area (Å²) in [7, 11) is 3.17. The van der Waals surface area contributed by atoms with Gasteiger partial charge in [0.2, 0.25) is 0 Å². The highest BCUT2D eigenvalue weighted by atomic mass is 16.4. The standard InChI is InChI=1S/C24H30N4O5/c1-14(2)11-20(23(31)27(4)25-3)26-19(24(32)33)9-10-28-21(29)17-12-15-7-5-6-8-16(15)13-18(17)22(28)30/h5-8,12-14,19-20,25-26H,9-11H2,1-4H3,(H,32,33)/t19?,20-/m1/s1. The summed E-state index contributed by atoms with van der Waals surface area (Å²) >= 11 is 0. The van der Waals surface area contributed by atoms with Crippen molar-refractivity contribution in [3.63, 3.8) is 0 Å². The van der Waals surface area contributed by atoms with Crippen molar-refractivity contribution in [1.82, 2.24) is 20.7 Å². The van der Waals surface area contributed by atoms with E-state index in [9.17, 15) is 24.3 Å². The molecule has 33 heavy (non-hydrogen) atoms. The summed E-state index contributed by atoms with van der Waals surface area (Å²) in [4.78, 5) is 51.5. The van der Waals surface area contributed by atoms with E-state index in [0.29, 0.717) is 17.5 Å². The normalized spacial score (nSPS) is 15.1. The minimum Gasteiger partial charge on any atom is -0.480 e. The monoisotopic (exact) mass is 454 g/mol. The molecule has 3 N–H and O–H groups in total. The van der Waals surface area contributed by atoms with Crippen molar-refractivity contribution in [3.05, 3.63) is 47.5 Å². The molecule has 9 nitrogen and oxygen atoms in total. The van der Waals surface area contributed by atoms with E-state index < -0.39 is 29.9 Å². The number of carboxylic acids is 1.